The topological polar surface area (TPSA) is 103 Å². The fourth-order valence-corrected chi connectivity index (χ4v) is 3.19. The molecular weight excluding hydrogens is 406 g/mol. The number of carbonyl (C=O) groups is 1. The molecule has 4 aromatic rings. The van der Waals surface area contributed by atoms with E-state index in [9.17, 15) is 14.9 Å². The van der Waals surface area contributed by atoms with Crippen LogP contribution < -0.4 is 5.32 Å². The third-order valence-electron chi connectivity index (χ3n) is 4.68. The average Bonchev–Trinajstić information content (AvgIpc) is 3.13. The summed E-state index contributed by atoms with van der Waals surface area (Å²) in [6, 6.07) is 15.0. The van der Waals surface area contributed by atoms with Gasteiger partial charge < -0.3 is 5.32 Å². The van der Waals surface area contributed by atoms with Gasteiger partial charge in [-0.1, -0.05) is 17.7 Å². The zero-order chi connectivity index (χ0) is 21.4. The molecule has 1 aromatic heterocycles. The number of carbonyl (C=O) groups excluding carboxylic acids is 1. The Morgan fingerprint density at radius 3 is 2.47 bits per heavy atom. The maximum absolute atomic E-state index is 12.5. The highest BCUT2D eigenvalue weighted by Gasteiger charge is 2.14. The summed E-state index contributed by atoms with van der Waals surface area (Å²) in [5.41, 5.74) is 4.22. The minimum absolute atomic E-state index is 0.0270. The Morgan fingerprint density at radius 2 is 1.77 bits per heavy atom. The highest BCUT2D eigenvalue weighted by molar-refractivity contribution is 6.31. The van der Waals surface area contributed by atoms with Gasteiger partial charge in [-0.2, -0.15) is 4.80 Å². The van der Waals surface area contributed by atoms with Gasteiger partial charge in [0.2, 0.25) is 0 Å². The number of nitro benzene ring substituents is 1. The highest BCUT2D eigenvalue weighted by Crippen LogP contribution is 2.23. The Bertz CT molecular complexity index is 1320. The van der Waals surface area contributed by atoms with E-state index in [1.165, 1.54) is 23.0 Å². The normalized spacial score (nSPS) is 10.9. The summed E-state index contributed by atoms with van der Waals surface area (Å²) in [6.45, 7) is 3.51. The van der Waals surface area contributed by atoms with Crippen molar-refractivity contribution < 1.29 is 9.72 Å². The summed E-state index contributed by atoms with van der Waals surface area (Å²) >= 11 is 6.19. The molecule has 3 aromatic carbocycles. The van der Waals surface area contributed by atoms with Crippen LogP contribution in [-0.2, 0) is 0 Å². The smallest absolute Gasteiger partial charge is 0.272 e. The van der Waals surface area contributed by atoms with Crippen LogP contribution in [0.3, 0.4) is 0 Å². The second kappa shape index (κ2) is 7.57. The zero-order valence-corrected chi connectivity index (χ0v) is 16.8. The Kier molecular flexibility index (Phi) is 4.93. The first-order valence-electron chi connectivity index (χ1n) is 9.02. The Morgan fingerprint density at radius 1 is 1.00 bits per heavy atom. The molecule has 0 aliphatic heterocycles. The number of halogens is 1. The summed E-state index contributed by atoms with van der Waals surface area (Å²) in [7, 11) is 0. The lowest BCUT2D eigenvalue weighted by atomic mass is 10.1. The van der Waals surface area contributed by atoms with Gasteiger partial charge in [0.05, 0.1) is 10.6 Å². The van der Waals surface area contributed by atoms with Crippen LogP contribution in [-0.4, -0.2) is 25.8 Å². The fourth-order valence-electron chi connectivity index (χ4n) is 3.02. The highest BCUT2D eigenvalue weighted by atomic mass is 35.5. The molecule has 30 heavy (non-hydrogen) atoms. The number of nitrogens with one attached hydrogen (secondary N) is 1. The molecule has 0 bridgehead atoms. The molecule has 0 aliphatic carbocycles. The molecule has 1 N–H and O–H groups in total. The third-order valence-corrected chi connectivity index (χ3v) is 5.09. The quantitative estimate of drug-likeness (QED) is 0.374. The standard InChI is InChI=1S/C21H16ClN5O3/c1-12-3-6-16(11-17(12)22)26-24-18-7-5-15(10-19(18)25-26)23-21(28)14-4-8-20(27(29)30)13(2)9-14/h3-11H,1-2H3,(H,23,28). The zero-order valence-electron chi connectivity index (χ0n) is 16.1. The number of nitro groups is 1. The number of hydrogen-bond acceptors (Lipinski definition) is 5. The average molecular weight is 422 g/mol. The molecule has 9 heteroatoms. The van der Waals surface area contributed by atoms with Crippen molar-refractivity contribution in [3.8, 4) is 5.69 Å². The largest absolute Gasteiger partial charge is 0.322 e. The molecule has 1 amide bonds. The van der Waals surface area contributed by atoms with Crippen LogP contribution in [0, 0.1) is 24.0 Å². The van der Waals surface area contributed by atoms with Gasteiger partial charge in [-0.3, -0.25) is 14.9 Å². The Labute approximate surface area is 176 Å². The predicted octanol–water partition coefficient (Wildman–Crippen LogP) is 4.85. The van der Waals surface area contributed by atoms with E-state index in [0.29, 0.717) is 32.9 Å². The molecule has 0 unspecified atom stereocenters. The van der Waals surface area contributed by atoms with Crippen molar-refractivity contribution in [1.29, 1.82) is 0 Å². The summed E-state index contributed by atoms with van der Waals surface area (Å²) in [5, 5.41) is 23.3. The van der Waals surface area contributed by atoms with Gasteiger partial charge in [0, 0.05) is 27.9 Å². The van der Waals surface area contributed by atoms with E-state index in [4.69, 9.17) is 11.6 Å². The van der Waals surface area contributed by atoms with E-state index in [1.54, 1.807) is 31.2 Å². The molecule has 4 rings (SSSR count). The van der Waals surface area contributed by atoms with E-state index in [-0.39, 0.29) is 11.6 Å². The maximum atomic E-state index is 12.5. The van der Waals surface area contributed by atoms with Crippen molar-refractivity contribution in [1.82, 2.24) is 15.0 Å². The van der Waals surface area contributed by atoms with Gasteiger partial charge in [0.15, 0.2) is 0 Å². The van der Waals surface area contributed by atoms with Crippen LogP contribution >= 0.6 is 11.6 Å². The molecule has 0 spiro atoms. The van der Waals surface area contributed by atoms with Crippen molar-refractivity contribution in [2.45, 2.75) is 13.8 Å². The van der Waals surface area contributed by atoms with Gasteiger partial charge in [0.1, 0.15) is 11.0 Å². The van der Waals surface area contributed by atoms with Crippen LogP contribution in [0.15, 0.2) is 54.6 Å². The summed E-state index contributed by atoms with van der Waals surface area (Å²) in [4.78, 5) is 24.5. The summed E-state index contributed by atoms with van der Waals surface area (Å²) in [5.74, 6) is -0.370. The van der Waals surface area contributed by atoms with Crippen molar-refractivity contribution in [2.24, 2.45) is 0 Å². The SMILES string of the molecule is Cc1ccc(-n2nc3ccc(NC(=O)c4ccc([N+](=O)[O-])c(C)c4)cc3n2)cc1Cl. The minimum Gasteiger partial charge on any atom is -0.322 e. The van der Waals surface area contributed by atoms with Gasteiger partial charge >= 0.3 is 0 Å². The van der Waals surface area contributed by atoms with Crippen LogP contribution in [0.4, 0.5) is 11.4 Å². The lowest BCUT2D eigenvalue weighted by Gasteiger charge is -2.06. The lowest BCUT2D eigenvalue weighted by molar-refractivity contribution is -0.385. The fraction of sp³-hybridized carbons (Fsp3) is 0.0952. The van der Waals surface area contributed by atoms with E-state index >= 15 is 0 Å². The number of anilines is 1. The Balaban J connectivity index is 1.59. The number of amides is 1. The predicted molar refractivity (Wildman–Crippen MR) is 114 cm³/mol. The van der Waals surface area contributed by atoms with E-state index in [2.05, 4.69) is 15.5 Å². The summed E-state index contributed by atoms with van der Waals surface area (Å²) < 4.78 is 0. The number of nitrogens with zero attached hydrogens (tertiary/aromatic N) is 4. The van der Waals surface area contributed by atoms with Gasteiger partial charge in [-0.25, -0.2) is 0 Å². The third kappa shape index (κ3) is 3.72. The van der Waals surface area contributed by atoms with Crippen LogP contribution in [0.2, 0.25) is 5.02 Å². The van der Waals surface area contributed by atoms with Crippen LogP contribution in [0.5, 0.6) is 0 Å². The second-order valence-electron chi connectivity index (χ2n) is 6.84. The molecule has 0 saturated heterocycles. The summed E-state index contributed by atoms with van der Waals surface area (Å²) in [6.07, 6.45) is 0. The molecule has 0 atom stereocenters. The first-order chi connectivity index (χ1) is 14.3. The van der Waals surface area contributed by atoms with Gasteiger partial charge in [-0.05, 0) is 61.9 Å². The molecule has 0 radical (unpaired) electrons. The lowest BCUT2D eigenvalue weighted by Crippen LogP contribution is -2.12. The molecule has 0 fully saturated rings. The monoisotopic (exact) mass is 421 g/mol. The first-order valence-corrected chi connectivity index (χ1v) is 9.39. The van der Waals surface area contributed by atoms with Crippen LogP contribution in [0.25, 0.3) is 16.7 Å². The Hall–Kier alpha value is -3.78. The maximum Gasteiger partial charge on any atom is 0.272 e. The number of benzene rings is 3. The van der Waals surface area contributed by atoms with E-state index in [1.807, 2.05) is 19.1 Å². The van der Waals surface area contributed by atoms with Gasteiger partial charge in [0.25, 0.3) is 11.6 Å². The number of rotatable bonds is 4. The number of fused-ring (bicyclic) bond motifs is 1. The van der Waals surface area contributed by atoms with E-state index in [0.717, 1.165) is 11.3 Å². The van der Waals surface area contributed by atoms with E-state index < -0.39 is 4.92 Å². The molecule has 150 valence electrons. The van der Waals surface area contributed by atoms with Crippen molar-refractivity contribution in [3.05, 3.63) is 86.4 Å². The second-order valence-corrected chi connectivity index (χ2v) is 7.25. The van der Waals surface area contributed by atoms with Crippen molar-refractivity contribution in [2.75, 3.05) is 5.32 Å². The number of hydrogen-bond donors (Lipinski definition) is 1. The van der Waals surface area contributed by atoms with Gasteiger partial charge in [-0.15, -0.1) is 10.2 Å². The number of aromatic nitrogens is 3. The van der Waals surface area contributed by atoms with Crippen molar-refractivity contribution in [3.63, 3.8) is 0 Å². The van der Waals surface area contributed by atoms with Crippen LogP contribution in [0.1, 0.15) is 21.5 Å². The first kappa shape index (κ1) is 19.5. The number of aryl methyl sites for hydroxylation is 2. The molecule has 0 aliphatic rings. The molecular formula is C21H16ClN5O3. The molecule has 1 heterocycles. The molecule has 8 nitrogen and oxygen atoms in total. The molecule has 0 saturated carbocycles. The minimum atomic E-state index is -0.477. The van der Waals surface area contributed by atoms with Crippen molar-refractivity contribution >= 4 is 39.9 Å².